The molecule has 0 saturated carbocycles. The molecule has 1 N–H and O–H groups in total. The van der Waals surface area contributed by atoms with E-state index in [1.807, 2.05) is 0 Å². The van der Waals surface area contributed by atoms with Crippen molar-refractivity contribution in [1.82, 2.24) is 0 Å². The number of hydrogen-bond donors (Lipinski definition) is 1. The molecular weight excluding hydrogens is 494 g/mol. The molecule has 0 aliphatic rings. The first-order valence-electron chi connectivity index (χ1n) is 14.3. The van der Waals surface area contributed by atoms with Gasteiger partial charge in [-0.1, -0.05) is 121 Å². The Morgan fingerprint density at radius 2 is 0.561 bits per heavy atom. The quantitative estimate of drug-likeness (QED) is 0.178. The summed E-state index contributed by atoms with van der Waals surface area (Å²) in [5.41, 5.74) is 2.29. The summed E-state index contributed by atoms with van der Waals surface area (Å²) in [5.74, 6) is 0. The maximum atomic E-state index is 4.00. The van der Waals surface area contributed by atoms with Crippen LogP contribution in [0.2, 0.25) is 0 Å². The van der Waals surface area contributed by atoms with Gasteiger partial charge in [0, 0.05) is 22.1 Å². The molecule has 10 aromatic rings. The zero-order valence-electron chi connectivity index (χ0n) is 22.2. The molecular formula is C40H23N. The molecule has 0 bridgehead atoms. The lowest BCUT2D eigenvalue weighted by Gasteiger charge is -2.20. The molecule has 41 heavy (non-hydrogen) atoms. The SMILES string of the molecule is c1cc2cccc3c4c(Nc5ccc6cccc7c8cccc9cccc(c5c67)c98)ccc5cccc(c(c1)c23)c54. The Morgan fingerprint density at radius 3 is 0.951 bits per heavy atom. The predicted molar refractivity (Wildman–Crippen MR) is 179 cm³/mol. The summed E-state index contributed by atoms with van der Waals surface area (Å²) in [5, 5.41) is 24.9. The van der Waals surface area contributed by atoms with Gasteiger partial charge in [-0.2, -0.15) is 0 Å². The summed E-state index contributed by atoms with van der Waals surface area (Å²) in [4.78, 5) is 0. The van der Waals surface area contributed by atoms with E-state index in [4.69, 9.17) is 0 Å². The van der Waals surface area contributed by atoms with Crippen molar-refractivity contribution >= 4 is 97.6 Å². The lowest BCUT2D eigenvalue weighted by molar-refractivity contribution is 1.64. The van der Waals surface area contributed by atoms with Crippen molar-refractivity contribution in [3.05, 3.63) is 133 Å². The number of anilines is 2. The summed E-state index contributed by atoms with van der Waals surface area (Å²) in [6.07, 6.45) is 0. The average Bonchev–Trinajstić information content (AvgIpc) is 3.03. The summed E-state index contributed by atoms with van der Waals surface area (Å²) < 4.78 is 0. The Kier molecular flexibility index (Phi) is 3.98. The molecule has 0 saturated heterocycles. The minimum atomic E-state index is 1.14. The van der Waals surface area contributed by atoms with Crippen LogP contribution in [0.15, 0.2) is 133 Å². The van der Waals surface area contributed by atoms with Crippen molar-refractivity contribution in [1.29, 1.82) is 0 Å². The first-order chi connectivity index (χ1) is 20.3. The molecule has 0 aliphatic carbocycles. The maximum absolute atomic E-state index is 4.00. The first kappa shape index (κ1) is 21.4. The van der Waals surface area contributed by atoms with Gasteiger partial charge < -0.3 is 5.32 Å². The summed E-state index contributed by atoms with van der Waals surface area (Å²) in [7, 11) is 0. The lowest BCUT2D eigenvalue weighted by atomic mass is 9.88. The Balaban J connectivity index is 1.36. The monoisotopic (exact) mass is 517 g/mol. The third-order valence-electron chi connectivity index (χ3n) is 9.29. The Bertz CT molecular complexity index is 2470. The maximum Gasteiger partial charge on any atom is 0.0471 e. The van der Waals surface area contributed by atoms with Gasteiger partial charge in [0.15, 0.2) is 0 Å². The van der Waals surface area contributed by atoms with Crippen LogP contribution in [0.25, 0.3) is 86.2 Å². The molecule has 0 amide bonds. The minimum Gasteiger partial charge on any atom is -0.354 e. The van der Waals surface area contributed by atoms with E-state index >= 15 is 0 Å². The first-order valence-corrected chi connectivity index (χ1v) is 14.3. The van der Waals surface area contributed by atoms with Crippen molar-refractivity contribution in [3.8, 4) is 0 Å². The Morgan fingerprint density at radius 1 is 0.244 bits per heavy atom. The molecule has 0 atom stereocenters. The van der Waals surface area contributed by atoms with Crippen LogP contribution in [-0.2, 0) is 0 Å². The Hall–Kier alpha value is -5.40. The van der Waals surface area contributed by atoms with Gasteiger partial charge in [0.05, 0.1) is 0 Å². The van der Waals surface area contributed by atoms with Crippen LogP contribution in [0.3, 0.4) is 0 Å². The molecule has 1 heteroatoms. The second kappa shape index (κ2) is 7.62. The van der Waals surface area contributed by atoms with Gasteiger partial charge in [-0.05, 0) is 87.5 Å². The predicted octanol–water partition coefficient (Wildman–Crippen LogP) is 11.5. The third kappa shape index (κ3) is 2.70. The molecule has 0 fully saturated rings. The van der Waals surface area contributed by atoms with Gasteiger partial charge in [-0.3, -0.25) is 0 Å². The fourth-order valence-electron chi connectivity index (χ4n) is 7.67. The van der Waals surface area contributed by atoms with Gasteiger partial charge in [0.2, 0.25) is 0 Å². The fraction of sp³-hybridized carbons (Fsp3) is 0. The summed E-state index contributed by atoms with van der Waals surface area (Å²) >= 11 is 0. The van der Waals surface area contributed by atoms with E-state index < -0.39 is 0 Å². The van der Waals surface area contributed by atoms with Gasteiger partial charge >= 0.3 is 0 Å². The minimum absolute atomic E-state index is 1.14. The van der Waals surface area contributed by atoms with Crippen LogP contribution in [0.4, 0.5) is 11.4 Å². The second-order valence-electron chi connectivity index (χ2n) is 11.3. The van der Waals surface area contributed by atoms with Crippen LogP contribution in [-0.4, -0.2) is 0 Å². The van der Waals surface area contributed by atoms with Crippen molar-refractivity contribution in [2.75, 3.05) is 5.32 Å². The second-order valence-corrected chi connectivity index (χ2v) is 11.3. The van der Waals surface area contributed by atoms with Gasteiger partial charge in [0.25, 0.3) is 0 Å². The van der Waals surface area contributed by atoms with Gasteiger partial charge in [-0.15, -0.1) is 0 Å². The van der Waals surface area contributed by atoms with Crippen molar-refractivity contribution in [3.63, 3.8) is 0 Å². The van der Waals surface area contributed by atoms with Crippen LogP contribution in [0, 0.1) is 0 Å². The number of nitrogens with one attached hydrogen (secondary N) is 1. The molecule has 0 unspecified atom stereocenters. The summed E-state index contributed by atoms with van der Waals surface area (Å²) in [6, 6.07) is 49.3. The molecule has 188 valence electrons. The molecule has 10 rings (SSSR count). The molecule has 0 spiro atoms. The largest absolute Gasteiger partial charge is 0.354 e. The number of benzene rings is 10. The molecule has 0 aromatic heterocycles. The van der Waals surface area contributed by atoms with E-state index in [1.54, 1.807) is 0 Å². The summed E-state index contributed by atoms with van der Waals surface area (Å²) in [6.45, 7) is 0. The smallest absolute Gasteiger partial charge is 0.0471 e. The normalized spacial score (nSPS) is 12.4. The zero-order valence-corrected chi connectivity index (χ0v) is 22.2. The van der Waals surface area contributed by atoms with Crippen LogP contribution < -0.4 is 5.32 Å². The highest BCUT2D eigenvalue weighted by Gasteiger charge is 2.18. The highest BCUT2D eigenvalue weighted by atomic mass is 14.9. The third-order valence-corrected chi connectivity index (χ3v) is 9.29. The van der Waals surface area contributed by atoms with Crippen molar-refractivity contribution in [2.45, 2.75) is 0 Å². The van der Waals surface area contributed by atoms with Crippen LogP contribution in [0.1, 0.15) is 0 Å². The molecule has 0 radical (unpaired) electrons. The fourth-order valence-corrected chi connectivity index (χ4v) is 7.67. The Labute approximate surface area is 235 Å². The number of rotatable bonds is 2. The highest BCUT2D eigenvalue weighted by molar-refractivity contribution is 6.37. The van der Waals surface area contributed by atoms with E-state index in [9.17, 15) is 0 Å². The van der Waals surface area contributed by atoms with Gasteiger partial charge in [-0.25, -0.2) is 0 Å². The standard InChI is InChI=1S/C40H23N/c1-7-23-9-5-17-31-35(23)27(13-1)29-15-3-11-25-19-21-33(39(31)37(25)29)41-34-22-20-26-12-4-16-30-28-14-2-8-24-10-6-18-32(36(24)28)40(34)38(26)30/h1-22,41H. The molecule has 10 aromatic carbocycles. The number of hydrogen-bond acceptors (Lipinski definition) is 1. The lowest BCUT2D eigenvalue weighted by Crippen LogP contribution is -1.97. The van der Waals surface area contributed by atoms with Crippen LogP contribution in [0.5, 0.6) is 0 Å². The van der Waals surface area contributed by atoms with Crippen molar-refractivity contribution < 1.29 is 0 Å². The molecule has 0 heterocycles. The van der Waals surface area contributed by atoms with Crippen LogP contribution >= 0.6 is 0 Å². The van der Waals surface area contributed by atoms with Crippen molar-refractivity contribution in [2.24, 2.45) is 0 Å². The zero-order chi connectivity index (χ0) is 26.7. The topological polar surface area (TPSA) is 12.0 Å². The number of fused-ring (bicyclic) bond motifs is 4. The molecule has 0 aliphatic heterocycles. The van der Waals surface area contributed by atoms with E-state index in [-0.39, 0.29) is 0 Å². The van der Waals surface area contributed by atoms with Gasteiger partial charge in [0.1, 0.15) is 0 Å². The van der Waals surface area contributed by atoms with E-state index in [2.05, 4.69) is 139 Å². The van der Waals surface area contributed by atoms with E-state index in [0.29, 0.717) is 0 Å². The molecule has 1 nitrogen and oxygen atoms in total. The average molecular weight is 518 g/mol. The van der Waals surface area contributed by atoms with E-state index in [0.717, 1.165) is 11.4 Å². The van der Waals surface area contributed by atoms with E-state index in [1.165, 1.54) is 86.2 Å². The highest BCUT2D eigenvalue weighted by Crippen LogP contribution is 2.47.